The Morgan fingerprint density at radius 2 is 1.84 bits per heavy atom. The predicted octanol–water partition coefficient (Wildman–Crippen LogP) is 3.66. The van der Waals surface area contributed by atoms with Crippen LogP contribution in [0.2, 0.25) is 0 Å². The molecule has 1 aliphatic heterocycles. The number of fused-ring (bicyclic) bond motifs is 1. The fourth-order valence-corrected chi connectivity index (χ4v) is 4.27. The number of urea groups is 1. The van der Waals surface area contributed by atoms with Crippen molar-refractivity contribution in [2.75, 3.05) is 19.1 Å². The van der Waals surface area contributed by atoms with Crippen LogP contribution in [-0.4, -0.2) is 47.7 Å². The van der Waals surface area contributed by atoms with E-state index in [4.69, 9.17) is 19.0 Å². The molecule has 192 valence electrons. The number of amides is 4. The number of carbonyl (C=O) groups is 4. The summed E-state index contributed by atoms with van der Waals surface area (Å²) in [4.78, 5) is 51.0. The number of carboxylic acids is 1. The van der Waals surface area contributed by atoms with Gasteiger partial charge in [-0.25, -0.2) is 14.5 Å². The number of carbonyl (C=O) groups excluding carboxylic acids is 3. The first kappa shape index (κ1) is 24.4. The summed E-state index contributed by atoms with van der Waals surface area (Å²) in [6, 6.07) is 13.9. The molecule has 1 fully saturated rings. The number of furan rings is 1. The third kappa shape index (κ3) is 4.26. The van der Waals surface area contributed by atoms with Crippen molar-refractivity contribution in [1.82, 2.24) is 9.88 Å². The Labute approximate surface area is 215 Å². The second kappa shape index (κ2) is 9.62. The molecule has 0 aliphatic carbocycles. The Morgan fingerprint density at radius 1 is 1.05 bits per heavy atom. The second-order valence-electron chi connectivity index (χ2n) is 8.30. The summed E-state index contributed by atoms with van der Waals surface area (Å²) in [6.45, 7) is 0.213. The molecule has 0 spiro atoms. The van der Waals surface area contributed by atoms with E-state index >= 15 is 0 Å². The molecule has 0 radical (unpaired) electrons. The van der Waals surface area contributed by atoms with Crippen molar-refractivity contribution < 1.29 is 38.2 Å². The van der Waals surface area contributed by atoms with Gasteiger partial charge in [-0.2, -0.15) is 0 Å². The molecular formula is C27H21N3O8. The average molecular weight is 515 g/mol. The number of hydrogen-bond acceptors (Lipinski definition) is 7. The average Bonchev–Trinajstić information content (AvgIpc) is 3.52. The van der Waals surface area contributed by atoms with Gasteiger partial charge in [-0.05, 0) is 36.4 Å². The molecule has 0 atom stereocenters. The molecule has 0 bridgehead atoms. The number of aromatic carboxylic acids is 1. The summed E-state index contributed by atoms with van der Waals surface area (Å²) in [5.41, 5.74) is 1.20. The molecule has 4 amide bonds. The first-order chi connectivity index (χ1) is 18.3. The molecule has 3 heterocycles. The number of carboxylic acid groups (broad SMARTS) is 1. The molecular weight excluding hydrogens is 494 g/mol. The van der Waals surface area contributed by atoms with Gasteiger partial charge in [-0.15, -0.1) is 0 Å². The molecule has 38 heavy (non-hydrogen) atoms. The number of imide groups is 2. The number of methoxy groups -OCH3 is 2. The summed E-state index contributed by atoms with van der Waals surface area (Å²) in [6.07, 6.45) is 3.13. The van der Waals surface area contributed by atoms with Crippen LogP contribution in [0.15, 0.2) is 70.8 Å². The van der Waals surface area contributed by atoms with E-state index in [0.29, 0.717) is 17.1 Å². The normalized spacial score (nSPS) is 14.7. The van der Waals surface area contributed by atoms with Crippen LogP contribution in [0.25, 0.3) is 17.0 Å². The number of hydrogen-bond donors (Lipinski definition) is 2. The number of anilines is 1. The summed E-state index contributed by atoms with van der Waals surface area (Å²) < 4.78 is 17.7. The van der Waals surface area contributed by atoms with Crippen molar-refractivity contribution in [2.45, 2.75) is 6.54 Å². The molecule has 11 heteroatoms. The van der Waals surface area contributed by atoms with E-state index in [1.54, 1.807) is 18.3 Å². The quantitative estimate of drug-likeness (QED) is 0.281. The largest absolute Gasteiger partial charge is 0.497 e. The first-order valence-corrected chi connectivity index (χ1v) is 11.3. The van der Waals surface area contributed by atoms with E-state index in [0.717, 1.165) is 15.8 Å². The summed E-state index contributed by atoms with van der Waals surface area (Å²) in [5, 5.41) is 12.1. The lowest BCUT2D eigenvalue weighted by Crippen LogP contribution is -2.54. The van der Waals surface area contributed by atoms with Crippen LogP contribution in [0.4, 0.5) is 10.5 Å². The van der Waals surface area contributed by atoms with E-state index in [2.05, 4.69) is 5.32 Å². The first-order valence-electron chi connectivity index (χ1n) is 11.3. The number of aromatic nitrogens is 1. The highest BCUT2D eigenvalue weighted by molar-refractivity contribution is 6.39. The van der Waals surface area contributed by atoms with Gasteiger partial charge < -0.3 is 23.6 Å². The summed E-state index contributed by atoms with van der Waals surface area (Å²) in [7, 11) is 2.86. The topological polar surface area (TPSA) is 140 Å². The Kier molecular flexibility index (Phi) is 6.17. The van der Waals surface area contributed by atoms with Gasteiger partial charge >= 0.3 is 12.0 Å². The SMILES string of the molecule is COc1ccc(N2C(=O)NC(=O)/C(=C\c3cn(Cc4ccc(C(=O)O)o4)c4ccccc34)C2=O)c(OC)c1. The zero-order chi connectivity index (χ0) is 27.0. The molecule has 11 nitrogen and oxygen atoms in total. The maximum absolute atomic E-state index is 13.5. The number of benzene rings is 2. The molecule has 1 aliphatic rings. The fourth-order valence-electron chi connectivity index (χ4n) is 4.27. The third-order valence-corrected chi connectivity index (χ3v) is 6.05. The molecule has 1 saturated heterocycles. The number of nitrogens with one attached hydrogen (secondary N) is 1. The number of nitrogens with zero attached hydrogens (tertiary/aromatic N) is 2. The number of ether oxygens (including phenoxy) is 2. The monoisotopic (exact) mass is 515 g/mol. The number of rotatable bonds is 7. The van der Waals surface area contributed by atoms with Gasteiger partial charge in [0, 0.05) is 28.7 Å². The second-order valence-corrected chi connectivity index (χ2v) is 8.30. The lowest BCUT2D eigenvalue weighted by atomic mass is 10.1. The van der Waals surface area contributed by atoms with E-state index in [1.807, 2.05) is 28.8 Å². The van der Waals surface area contributed by atoms with Crippen LogP contribution in [0.3, 0.4) is 0 Å². The minimum absolute atomic E-state index is 0.142. The zero-order valence-electron chi connectivity index (χ0n) is 20.3. The van der Waals surface area contributed by atoms with Crippen LogP contribution in [0.1, 0.15) is 21.9 Å². The highest BCUT2D eigenvalue weighted by atomic mass is 16.5. The van der Waals surface area contributed by atoms with E-state index < -0.39 is 23.8 Å². The van der Waals surface area contributed by atoms with Crippen LogP contribution < -0.4 is 19.7 Å². The Morgan fingerprint density at radius 3 is 2.55 bits per heavy atom. The van der Waals surface area contributed by atoms with Crippen LogP contribution in [0.5, 0.6) is 11.5 Å². The van der Waals surface area contributed by atoms with E-state index in [-0.39, 0.29) is 29.3 Å². The van der Waals surface area contributed by atoms with Gasteiger partial charge in [-0.3, -0.25) is 14.9 Å². The molecule has 5 rings (SSSR count). The van der Waals surface area contributed by atoms with E-state index in [9.17, 15) is 19.2 Å². The van der Waals surface area contributed by atoms with Gasteiger partial charge in [0.15, 0.2) is 0 Å². The Balaban J connectivity index is 1.55. The van der Waals surface area contributed by atoms with Crippen molar-refractivity contribution >= 4 is 46.5 Å². The van der Waals surface area contributed by atoms with Gasteiger partial charge in [0.25, 0.3) is 11.8 Å². The molecule has 0 unspecified atom stereocenters. The van der Waals surface area contributed by atoms with Crippen LogP contribution in [0, 0.1) is 0 Å². The predicted molar refractivity (Wildman–Crippen MR) is 135 cm³/mol. The Bertz CT molecular complexity index is 1640. The van der Waals surface area contributed by atoms with Crippen LogP contribution in [-0.2, 0) is 16.1 Å². The van der Waals surface area contributed by atoms with Crippen LogP contribution >= 0.6 is 0 Å². The highest BCUT2D eigenvalue weighted by Crippen LogP contribution is 2.35. The van der Waals surface area contributed by atoms with Crippen molar-refractivity contribution in [3.8, 4) is 11.5 Å². The lowest BCUT2D eigenvalue weighted by Gasteiger charge is -2.27. The lowest BCUT2D eigenvalue weighted by molar-refractivity contribution is -0.122. The van der Waals surface area contributed by atoms with Crippen molar-refractivity contribution in [1.29, 1.82) is 0 Å². The smallest absolute Gasteiger partial charge is 0.371 e. The number of barbiturate groups is 1. The van der Waals surface area contributed by atoms with Gasteiger partial charge in [0.05, 0.1) is 26.5 Å². The third-order valence-electron chi connectivity index (χ3n) is 6.05. The molecule has 2 N–H and O–H groups in total. The van der Waals surface area contributed by atoms with Crippen molar-refractivity contribution in [2.24, 2.45) is 0 Å². The van der Waals surface area contributed by atoms with Crippen molar-refractivity contribution in [3.05, 3.63) is 83.5 Å². The summed E-state index contributed by atoms with van der Waals surface area (Å²) in [5.74, 6) is -1.93. The van der Waals surface area contributed by atoms with Gasteiger partial charge in [-0.1, -0.05) is 18.2 Å². The zero-order valence-corrected chi connectivity index (χ0v) is 20.3. The van der Waals surface area contributed by atoms with E-state index in [1.165, 1.54) is 38.5 Å². The van der Waals surface area contributed by atoms with Gasteiger partial charge in [0.1, 0.15) is 22.8 Å². The maximum atomic E-state index is 13.5. The molecule has 4 aromatic rings. The maximum Gasteiger partial charge on any atom is 0.371 e. The standard InChI is InChI=1S/C27H21N3O8/c1-36-16-7-9-21(23(12-16)37-2)30-25(32)19(24(31)28-27(30)35)11-15-13-29(20-6-4-3-5-18(15)20)14-17-8-10-22(38-17)26(33)34/h3-13H,14H2,1-2H3,(H,33,34)(H,28,31,35)/b19-11+. The molecule has 2 aromatic heterocycles. The summed E-state index contributed by atoms with van der Waals surface area (Å²) >= 11 is 0. The van der Waals surface area contributed by atoms with Gasteiger partial charge in [0.2, 0.25) is 5.76 Å². The Hall–Kier alpha value is -5.32. The van der Waals surface area contributed by atoms with Crippen molar-refractivity contribution in [3.63, 3.8) is 0 Å². The molecule has 0 saturated carbocycles. The highest BCUT2D eigenvalue weighted by Gasteiger charge is 2.38. The number of para-hydroxylation sites is 1. The minimum Gasteiger partial charge on any atom is -0.497 e. The fraction of sp³-hybridized carbons (Fsp3) is 0.111. The minimum atomic E-state index is -1.17. The molecule has 2 aromatic carbocycles.